The van der Waals surface area contributed by atoms with Gasteiger partial charge in [0.25, 0.3) is 0 Å². The first-order chi connectivity index (χ1) is 8.33. The average molecular weight is 252 g/mol. The van der Waals surface area contributed by atoms with Crippen molar-refractivity contribution in [2.24, 2.45) is 5.92 Å². The summed E-state index contributed by atoms with van der Waals surface area (Å²) in [4.78, 5) is 3.61. The second-order valence-electron chi connectivity index (χ2n) is 5.18. The SMILES string of the molecule is OC(CNC1CN2CCC1CC2)c1cccs1. The summed E-state index contributed by atoms with van der Waals surface area (Å²) in [5.41, 5.74) is 0. The van der Waals surface area contributed by atoms with Crippen molar-refractivity contribution in [2.45, 2.75) is 25.0 Å². The quantitative estimate of drug-likeness (QED) is 0.852. The van der Waals surface area contributed by atoms with Crippen molar-refractivity contribution < 1.29 is 5.11 Å². The fraction of sp³-hybridized carbons (Fsp3) is 0.692. The predicted molar refractivity (Wildman–Crippen MR) is 70.2 cm³/mol. The Labute approximate surface area is 106 Å². The van der Waals surface area contributed by atoms with Crippen molar-refractivity contribution in [3.05, 3.63) is 22.4 Å². The zero-order valence-electron chi connectivity index (χ0n) is 10.0. The highest BCUT2D eigenvalue weighted by Gasteiger charge is 2.33. The number of hydrogen-bond donors (Lipinski definition) is 2. The van der Waals surface area contributed by atoms with Crippen LogP contribution in [0.4, 0.5) is 0 Å². The van der Waals surface area contributed by atoms with Crippen LogP contribution in [0.2, 0.25) is 0 Å². The van der Waals surface area contributed by atoms with Crippen molar-refractivity contribution in [1.82, 2.24) is 10.2 Å². The lowest BCUT2D eigenvalue weighted by atomic mass is 9.84. The normalized spacial score (nSPS) is 33.8. The van der Waals surface area contributed by atoms with Crippen LogP contribution in [-0.2, 0) is 0 Å². The molecule has 0 amide bonds. The van der Waals surface area contributed by atoms with Gasteiger partial charge in [0, 0.05) is 24.0 Å². The lowest BCUT2D eigenvalue weighted by Gasteiger charge is -2.45. The number of nitrogens with zero attached hydrogens (tertiary/aromatic N) is 1. The summed E-state index contributed by atoms with van der Waals surface area (Å²) in [6.07, 6.45) is 2.31. The van der Waals surface area contributed by atoms with Crippen LogP contribution in [0, 0.1) is 5.92 Å². The Balaban J connectivity index is 1.51. The molecule has 2 atom stereocenters. The van der Waals surface area contributed by atoms with E-state index in [0.717, 1.165) is 10.8 Å². The van der Waals surface area contributed by atoms with Crippen LogP contribution in [-0.4, -0.2) is 42.2 Å². The molecular formula is C13H20N2OS. The highest BCUT2D eigenvalue weighted by atomic mass is 32.1. The number of fused-ring (bicyclic) bond motifs is 3. The van der Waals surface area contributed by atoms with E-state index in [1.54, 1.807) is 11.3 Å². The Kier molecular flexibility index (Phi) is 3.47. The van der Waals surface area contributed by atoms with Gasteiger partial charge in [-0.2, -0.15) is 0 Å². The molecule has 3 saturated heterocycles. The van der Waals surface area contributed by atoms with Crippen LogP contribution in [0.1, 0.15) is 23.8 Å². The van der Waals surface area contributed by atoms with Gasteiger partial charge in [-0.3, -0.25) is 0 Å². The number of hydrogen-bond acceptors (Lipinski definition) is 4. The average Bonchev–Trinajstić information content (AvgIpc) is 2.91. The molecule has 17 heavy (non-hydrogen) atoms. The summed E-state index contributed by atoms with van der Waals surface area (Å²) in [5.74, 6) is 0.829. The molecule has 2 N–H and O–H groups in total. The minimum Gasteiger partial charge on any atom is -0.386 e. The minimum absolute atomic E-state index is 0.342. The van der Waals surface area contributed by atoms with E-state index in [4.69, 9.17) is 0 Å². The number of piperidine rings is 3. The molecule has 0 spiro atoms. The third-order valence-electron chi connectivity index (χ3n) is 4.10. The van der Waals surface area contributed by atoms with Gasteiger partial charge in [0.2, 0.25) is 0 Å². The molecule has 3 aliphatic rings. The third-order valence-corrected chi connectivity index (χ3v) is 5.07. The highest BCUT2D eigenvalue weighted by molar-refractivity contribution is 7.10. The first kappa shape index (κ1) is 11.7. The van der Waals surface area contributed by atoms with E-state index in [1.807, 2.05) is 17.5 Å². The van der Waals surface area contributed by atoms with E-state index in [0.29, 0.717) is 12.6 Å². The lowest BCUT2D eigenvalue weighted by Crippen LogP contribution is -2.56. The van der Waals surface area contributed by atoms with Crippen LogP contribution in [0.5, 0.6) is 0 Å². The molecule has 3 aliphatic heterocycles. The number of aliphatic hydroxyl groups excluding tert-OH is 1. The zero-order chi connectivity index (χ0) is 11.7. The molecule has 0 radical (unpaired) electrons. The van der Waals surface area contributed by atoms with Crippen molar-refractivity contribution in [3.63, 3.8) is 0 Å². The van der Waals surface area contributed by atoms with E-state index in [9.17, 15) is 5.11 Å². The maximum atomic E-state index is 10.0. The summed E-state index contributed by atoms with van der Waals surface area (Å²) >= 11 is 1.63. The van der Waals surface area contributed by atoms with Crippen LogP contribution in [0.25, 0.3) is 0 Å². The van der Waals surface area contributed by atoms with Crippen molar-refractivity contribution >= 4 is 11.3 Å². The summed E-state index contributed by atoms with van der Waals surface area (Å²) in [7, 11) is 0. The van der Waals surface area contributed by atoms with Gasteiger partial charge in [0.15, 0.2) is 0 Å². The molecule has 4 heterocycles. The Morgan fingerprint density at radius 3 is 2.88 bits per heavy atom. The Morgan fingerprint density at radius 2 is 2.29 bits per heavy atom. The van der Waals surface area contributed by atoms with Crippen molar-refractivity contribution in [2.75, 3.05) is 26.2 Å². The Bertz CT molecular complexity index is 346. The maximum absolute atomic E-state index is 10.0. The van der Waals surface area contributed by atoms with Gasteiger partial charge in [-0.15, -0.1) is 11.3 Å². The van der Waals surface area contributed by atoms with Crippen molar-refractivity contribution in [1.29, 1.82) is 0 Å². The summed E-state index contributed by atoms with van der Waals surface area (Å²) in [5, 5.41) is 15.6. The number of nitrogens with one attached hydrogen (secondary N) is 1. The molecule has 3 fully saturated rings. The first-order valence-corrected chi connectivity index (χ1v) is 7.38. The molecule has 1 aromatic rings. The highest BCUT2D eigenvalue weighted by Crippen LogP contribution is 2.28. The van der Waals surface area contributed by atoms with Gasteiger partial charge >= 0.3 is 0 Å². The summed E-state index contributed by atoms with van der Waals surface area (Å²) < 4.78 is 0. The van der Waals surface area contributed by atoms with E-state index in [-0.39, 0.29) is 6.10 Å². The van der Waals surface area contributed by atoms with E-state index < -0.39 is 0 Å². The Morgan fingerprint density at radius 1 is 1.47 bits per heavy atom. The second-order valence-corrected chi connectivity index (χ2v) is 6.16. The monoisotopic (exact) mass is 252 g/mol. The molecule has 4 rings (SSSR count). The van der Waals surface area contributed by atoms with Crippen molar-refractivity contribution in [3.8, 4) is 0 Å². The molecule has 4 heteroatoms. The van der Waals surface area contributed by atoms with E-state index in [2.05, 4.69) is 10.2 Å². The van der Waals surface area contributed by atoms with E-state index >= 15 is 0 Å². The standard InChI is InChI=1S/C13H20N2OS/c16-12(13-2-1-7-17-13)8-14-11-9-15-5-3-10(11)4-6-15/h1-2,7,10-12,14,16H,3-6,8-9H2. The van der Waals surface area contributed by atoms with Gasteiger partial charge in [-0.1, -0.05) is 6.07 Å². The first-order valence-electron chi connectivity index (χ1n) is 6.50. The fourth-order valence-corrected chi connectivity index (χ4v) is 3.75. The zero-order valence-corrected chi connectivity index (χ0v) is 10.8. The second kappa shape index (κ2) is 5.06. The van der Waals surface area contributed by atoms with Crippen LogP contribution in [0.15, 0.2) is 17.5 Å². The Hall–Kier alpha value is -0.420. The molecule has 0 aliphatic carbocycles. The molecular weight excluding hydrogens is 232 g/mol. The minimum atomic E-state index is -0.342. The largest absolute Gasteiger partial charge is 0.386 e. The van der Waals surface area contributed by atoms with Gasteiger partial charge < -0.3 is 15.3 Å². The summed E-state index contributed by atoms with van der Waals surface area (Å²) in [6, 6.07) is 4.59. The fourth-order valence-electron chi connectivity index (χ4n) is 3.04. The van der Waals surface area contributed by atoms with Crippen LogP contribution in [0.3, 0.4) is 0 Å². The van der Waals surface area contributed by atoms with Crippen LogP contribution < -0.4 is 5.32 Å². The van der Waals surface area contributed by atoms with Gasteiger partial charge in [0.05, 0.1) is 0 Å². The smallest absolute Gasteiger partial charge is 0.101 e. The topological polar surface area (TPSA) is 35.5 Å². The summed E-state index contributed by atoms with van der Waals surface area (Å²) in [6.45, 7) is 4.41. The molecule has 94 valence electrons. The third kappa shape index (κ3) is 2.55. The molecule has 0 saturated carbocycles. The van der Waals surface area contributed by atoms with Gasteiger partial charge in [-0.25, -0.2) is 0 Å². The van der Waals surface area contributed by atoms with Crippen LogP contribution >= 0.6 is 11.3 Å². The number of rotatable bonds is 4. The number of thiophene rings is 1. The molecule has 0 aromatic carbocycles. The molecule has 2 unspecified atom stereocenters. The number of aliphatic hydroxyl groups is 1. The maximum Gasteiger partial charge on any atom is 0.101 e. The predicted octanol–water partition coefficient (Wildman–Crippen LogP) is 1.47. The van der Waals surface area contributed by atoms with Gasteiger partial charge in [0.1, 0.15) is 6.10 Å². The lowest BCUT2D eigenvalue weighted by molar-refractivity contribution is 0.0639. The van der Waals surface area contributed by atoms with Gasteiger partial charge in [-0.05, 0) is 43.3 Å². The molecule has 1 aromatic heterocycles. The molecule has 3 nitrogen and oxygen atoms in total. The van der Waals surface area contributed by atoms with E-state index in [1.165, 1.54) is 32.5 Å². The molecule has 2 bridgehead atoms.